The average molecular weight is 350 g/mol. The van der Waals surface area contributed by atoms with Gasteiger partial charge in [-0.25, -0.2) is 0 Å². The Morgan fingerprint density at radius 3 is 2.50 bits per heavy atom. The van der Waals surface area contributed by atoms with Crippen LogP contribution in [0.25, 0.3) is 11.1 Å². The van der Waals surface area contributed by atoms with Gasteiger partial charge in [-0.3, -0.25) is 0 Å². The quantitative estimate of drug-likeness (QED) is 0.669. The second-order valence-corrected chi connectivity index (χ2v) is 6.76. The van der Waals surface area contributed by atoms with Crippen LogP contribution in [0.5, 0.6) is 0 Å². The van der Waals surface area contributed by atoms with Crippen LogP contribution < -0.4 is 10.2 Å². The van der Waals surface area contributed by atoms with Crippen molar-refractivity contribution < 1.29 is 0 Å². The molecule has 0 saturated carbocycles. The summed E-state index contributed by atoms with van der Waals surface area (Å²) in [5.41, 5.74) is 8.19. The lowest BCUT2D eigenvalue weighted by Gasteiger charge is -2.13. The van der Waals surface area contributed by atoms with Gasteiger partial charge in [-0.05, 0) is 67.4 Å². The number of aromatic nitrogens is 1. The first-order chi connectivity index (χ1) is 12.5. The van der Waals surface area contributed by atoms with Crippen molar-refractivity contribution in [1.82, 2.24) is 10.3 Å². The number of hydrogen-bond donors (Lipinski definition) is 2. The maximum Gasteiger partial charge on any atom is 0.0458 e. The molecule has 2 N–H and O–H groups in total. The van der Waals surface area contributed by atoms with Crippen LogP contribution in [0.3, 0.4) is 0 Å². The van der Waals surface area contributed by atoms with E-state index in [9.17, 15) is 0 Å². The first-order valence-corrected chi connectivity index (χ1v) is 9.10. The lowest BCUT2D eigenvalue weighted by Crippen LogP contribution is -2.11. The third-order valence-corrected chi connectivity index (χ3v) is 4.49. The minimum absolute atomic E-state index is 0.967. The van der Waals surface area contributed by atoms with Crippen molar-refractivity contribution in [1.29, 1.82) is 0 Å². The van der Waals surface area contributed by atoms with Gasteiger partial charge in [0.05, 0.1) is 0 Å². The zero-order valence-electron chi connectivity index (χ0n) is 16.7. The smallest absolute Gasteiger partial charge is 0.0458 e. The van der Waals surface area contributed by atoms with Crippen molar-refractivity contribution in [3.63, 3.8) is 0 Å². The molecule has 1 aromatic heterocycles. The molecule has 3 heteroatoms. The maximum atomic E-state index is 4.28. The van der Waals surface area contributed by atoms with E-state index in [4.69, 9.17) is 0 Å². The molecule has 0 fully saturated rings. The molecule has 0 aliphatic heterocycles. The lowest BCUT2D eigenvalue weighted by molar-refractivity contribution is 0.776. The molecule has 2 aromatic rings. The van der Waals surface area contributed by atoms with E-state index in [0.29, 0.717) is 0 Å². The number of allylic oxidation sites excluding steroid dienone is 5. The number of H-pyrrole nitrogens is 1. The fourth-order valence-electron chi connectivity index (χ4n) is 2.91. The second-order valence-electron chi connectivity index (χ2n) is 6.76. The van der Waals surface area contributed by atoms with Crippen molar-refractivity contribution in [3.05, 3.63) is 77.7 Å². The summed E-state index contributed by atoms with van der Waals surface area (Å²) in [7, 11) is 6.08. The van der Waals surface area contributed by atoms with Gasteiger partial charge >= 0.3 is 0 Å². The molecule has 1 aromatic carbocycles. The minimum atomic E-state index is 0.967. The second kappa shape index (κ2) is 9.25. The molecule has 0 amide bonds. The van der Waals surface area contributed by atoms with Crippen LogP contribution in [0.15, 0.2) is 55.1 Å². The molecule has 0 spiro atoms. The number of anilines is 1. The third-order valence-electron chi connectivity index (χ3n) is 4.49. The summed E-state index contributed by atoms with van der Waals surface area (Å²) in [6, 6.07) is 10.7. The summed E-state index contributed by atoms with van der Waals surface area (Å²) in [6.07, 6.45) is 7.35. The Morgan fingerprint density at radius 1 is 1.23 bits per heavy atom. The molecule has 0 saturated heterocycles. The fourth-order valence-corrected chi connectivity index (χ4v) is 2.91. The largest absolute Gasteiger partial charge is 0.378 e. The van der Waals surface area contributed by atoms with Gasteiger partial charge in [0.2, 0.25) is 0 Å². The van der Waals surface area contributed by atoms with Crippen LogP contribution in [0, 0.1) is 6.92 Å². The van der Waals surface area contributed by atoms with Crippen LogP contribution in [0.4, 0.5) is 5.69 Å². The molecule has 3 nitrogen and oxygen atoms in total. The predicted molar refractivity (Wildman–Crippen MR) is 116 cm³/mol. The van der Waals surface area contributed by atoms with Gasteiger partial charge in [-0.1, -0.05) is 30.9 Å². The summed E-state index contributed by atoms with van der Waals surface area (Å²) in [6.45, 7) is 9.45. The number of aryl methyl sites for hydroxylation is 1. The Morgan fingerprint density at radius 2 is 1.92 bits per heavy atom. The molecule has 2 rings (SSSR count). The van der Waals surface area contributed by atoms with Crippen LogP contribution in [-0.4, -0.2) is 32.7 Å². The predicted octanol–water partition coefficient (Wildman–Crippen LogP) is 4.82. The monoisotopic (exact) mass is 349 g/mol. The van der Waals surface area contributed by atoms with Crippen molar-refractivity contribution in [2.24, 2.45) is 0 Å². The van der Waals surface area contributed by atoms with Crippen LogP contribution in [0.2, 0.25) is 0 Å². The highest BCUT2D eigenvalue weighted by molar-refractivity contribution is 5.86. The number of benzene rings is 1. The summed E-state index contributed by atoms with van der Waals surface area (Å²) in [5.74, 6) is 0. The van der Waals surface area contributed by atoms with Gasteiger partial charge in [0.25, 0.3) is 0 Å². The Labute approximate surface area is 158 Å². The summed E-state index contributed by atoms with van der Waals surface area (Å²) in [4.78, 5) is 5.67. The molecule has 0 aliphatic rings. The van der Waals surface area contributed by atoms with E-state index >= 15 is 0 Å². The zero-order chi connectivity index (χ0) is 19.1. The van der Waals surface area contributed by atoms with E-state index in [1.54, 1.807) is 0 Å². The maximum absolute atomic E-state index is 4.28. The van der Waals surface area contributed by atoms with Gasteiger partial charge in [0.1, 0.15) is 0 Å². The molecule has 0 unspecified atom stereocenters. The number of nitrogens with zero attached hydrogens (tertiary/aromatic N) is 1. The third kappa shape index (κ3) is 4.99. The summed E-state index contributed by atoms with van der Waals surface area (Å²) >= 11 is 0. The number of likely N-dealkylation sites (N-methyl/N-ethyl adjacent to an activating group) is 1. The number of nitrogens with one attached hydrogen (secondary N) is 2. The van der Waals surface area contributed by atoms with Crippen molar-refractivity contribution in [3.8, 4) is 0 Å². The highest BCUT2D eigenvalue weighted by atomic mass is 15.1. The van der Waals surface area contributed by atoms with E-state index in [1.165, 1.54) is 16.9 Å². The number of aromatic amines is 1. The van der Waals surface area contributed by atoms with Gasteiger partial charge in [0, 0.05) is 44.1 Å². The molecule has 138 valence electrons. The van der Waals surface area contributed by atoms with Crippen LogP contribution in [-0.2, 0) is 6.42 Å². The average Bonchev–Trinajstić information content (AvgIpc) is 3.00. The molecular formula is C23H31N3. The highest BCUT2D eigenvalue weighted by Crippen LogP contribution is 2.25. The molecule has 0 radical (unpaired) electrons. The van der Waals surface area contributed by atoms with E-state index in [-0.39, 0.29) is 0 Å². The van der Waals surface area contributed by atoms with E-state index < -0.39 is 0 Å². The van der Waals surface area contributed by atoms with Crippen LogP contribution in [0.1, 0.15) is 29.4 Å². The summed E-state index contributed by atoms with van der Waals surface area (Å²) in [5, 5.41) is 3.21. The Balaban J connectivity index is 2.29. The normalized spacial score (nSPS) is 12.0. The molecule has 0 aliphatic carbocycles. The Hall–Kier alpha value is -2.52. The first-order valence-electron chi connectivity index (χ1n) is 9.10. The van der Waals surface area contributed by atoms with E-state index in [0.717, 1.165) is 35.4 Å². The lowest BCUT2D eigenvalue weighted by atomic mass is 10.0. The molecular weight excluding hydrogens is 318 g/mol. The SMILES string of the molecule is C=C(/C=C(\C=C/C)c1cc(C)c(CCNC)[nH]1)c1ccc(N(C)C)cc1. The molecule has 0 bridgehead atoms. The minimum Gasteiger partial charge on any atom is -0.378 e. The zero-order valence-corrected chi connectivity index (χ0v) is 16.7. The fraction of sp³-hybridized carbons (Fsp3) is 0.304. The van der Waals surface area contributed by atoms with Gasteiger partial charge in [0.15, 0.2) is 0 Å². The summed E-state index contributed by atoms with van der Waals surface area (Å²) < 4.78 is 0. The van der Waals surface area contributed by atoms with Crippen molar-refractivity contribution in [2.75, 3.05) is 32.6 Å². The van der Waals surface area contributed by atoms with Gasteiger partial charge in [-0.2, -0.15) is 0 Å². The number of hydrogen-bond acceptors (Lipinski definition) is 2. The first kappa shape index (κ1) is 19.8. The van der Waals surface area contributed by atoms with Crippen molar-refractivity contribution in [2.45, 2.75) is 20.3 Å². The Bertz CT molecular complexity index is 789. The van der Waals surface area contributed by atoms with Crippen molar-refractivity contribution >= 4 is 16.8 Å². The highest BCUT2D eigenvalue weighted by Gasteiger charge is 2.08. The molecule has 26 heavy (non-hydrogen) atoms. The molecule has 0 atom stereocenters. The standard InChI is InChI=1S/C23H31N3/c1-7-8-20(23-16-18(3)22(25-23)13-14-24-4)15-17(2)19-9-11-21(12-10-19)26(5)6/h7-12,15-16,24-25H,2,13-14H2,1,3-6H3/b8-7-,20-15+. The van der Waals surface area contributed by atoms with E-state index in [2.05, 4.69) is 77.3 Å². The Kier molecular flexibility index (Phi) is 7.05. The van der Waals surface area contributed by atoms with Gasteiger partial charge < -0.3 is 15.2 Å². The number of rotatable bonds is 8. The van der Waals surface area contributed by atoms with Gasteiger partial charge in [-0.15, -0.1) is 0 Å². The topological polar surface area (TPSA) is 31.1 Å². The van der Waals surface area contributed by atoms with Crippen LogP contribution >= 0.6 is 0 Å². The molecule has 1 heterocycles. The van der Waals surface area contributed by atoms with E-state index in [1.807, 2.05) is 28.1 Å².